The molecule has 0 aromatic carbocycles. The Labute approximate surface area is 91.5 Å². The fourth-order valence-electron chi connectivity index (χ4n) is 3.36. The van der Waals surface area contributed by atoms with Gasteiger partial charge in [-0.15, -0.1) is 0 Å². The van der Waals surface area contributed by atoms with Crippen molar-refractivity contribution in [2.45, 2.75) is 57.5 Å². The Bertz CT molecular complexity index is 242. The zero-order chi connectivity index (χ0) is 10.8. The molecule has 1 saturated heterocycles. The van der Waals surface area contributed by atoms with Crippen molar-refractivity contribution in [3.8, 4) is 0 Å². The van der Waals surface area contributed by atoms with E-state index in [-0.39, 0.29) is 6.04 Å². The molecule has 1 aliphatic heterocycles. The molecule has 0 radical (unpaired) electrons. The maximum Gasteiger partial charge on any atom is 0.304 e. The van der Waals surface area contributed by atoms with Crippen molar-refractivity contribution in [3.05, 3.63) is 0 Å². The summed E-state index contributed by atoms with van der Waals surface area (Å²) in [4.78, 5) is 13.1. The molecule has 15 heavy (non-hydrogen) atoms. The maximum absolute atomic E-state index is 10.7. The van der Waals surface area contributed by atoms with Gasteiger partial charge in [0.1, 0.15) is 0 Å². The van der Waals surface area contributed by atoms with E-state index in [4.69, 9.17) is 5.11 Å². The van der Waals surface area contributed by atoms with E-state index in [1.807, 2.05) is 0 Å². The van der Waals surface area contributed by atoms with E-state index in [0.717, 1.165) is 12.5 Å². The molecule has 0 spiro atoms. The van der Waals surface area contributed by atoms with Gasteiger partial charge in [-0.1, -0.05) is 12.8 Å². The van der Waals surface area contributed by atoms with Gasteiger partial charge in [-0.2, -0.15) is 0 Å². The molecule has 0 amide bonds. The monoisotopic (exact) mass is 211 g/mol. The van der Waals surface area contributed by atoms with Crippen LogP contribution in [0.3, 0.4) is 0 Å². The van der Waals surface area contributed by atoms with Crippen LogP contribution in [0.1, 0.15) is 45.4 Å². The highest BCUT2D eigenvalue weighted by Gasteiger charge is 2.37. The molecule has 1 aliphatic carbocycles. The van der Waals surface area contributed by atoms with Gasteiger partial charge in [0, 0.05) is 12.1 Å². The van der Waals surface area contributed by atoms with Gasteiger partial charge >= 0.3 is 5.97 Å². The molecule has 3 unspecified atom stereocenters. The summed E-state index contributed by atoms with van der Waals surface area (Å²) >= 11 is 0. The second kappa shape index (κ2) is 4.52. The summed E-state index contributed by atoms with van der Waals surface area (Å²) in [5.41, 5.74) is 0. The predicted molar refractivity (Wildman–Crippen MR) is 58.8 cm³/mol. The fraction of sp³-hybridized carbons (Fsp3) is 0.917. The number of fused-ring (bicyclic) bond motifs is 1. The van der Waals surface area contributed by atoms with Gasteiger partial charge in [0.15, 0.2) is 0 Å². The van der Waals surface area contributed by atoms with E-state index >= 15 is 0 Å². The van der Waals surface area contributed by atoms with Crippen LogP contribution in [0.4, 0.5) is 0 Å². The van der Waals surface area contributed by atoms with Crippen LogP contribution in [0.25, 0.3) is 0 Å². The normalized spacial score (nSPS) is 33.7. The molecule has 0 aromatic rings. The summed E-state index contributed by atoms with van der Waals surface area (Å²) in [5, 5.41) is 8.81. The molecule has 3 heteroatoms. The third-order valence-electron chi connectivity index (χ3n) is 4.09. The highest BCUT2D eigenvalue weighted by atomic mass is 16.4. The van der Waals surface area contributed by atoms with Gasteiger partial charge < -0.3 is 5.11 Å². The smallest absolute Gasteiger partial charge is 0.304 e. The number of hydrogen-bond donors (Lipinski definition) is 1. The van der Waals surface area contributed by atoms with Gasteiger partial charge in [-0.05, 0) is 38.6 Å². The van der Waals surface area contributed by atoms with E-state index in [2.05, 4.69) is 11.8 Å². The second-order valence-corrected chi connectivity index (χ2v) is 5.09. The molecule has 86 valence electrons. The number of hydrogen-bond acceptors (Lipinski definition) is 2. The molecule has 1 heterocycles. The lowest BCUT2D eigenvalue weighted by atomic mass is 9.85. The minimum atomic E-state index is -0.665. The van der Waals surface area contributed by atoms with Crippen molar-refractivity contribution in [1.29, 1.82) is 0 Å². The summed E-state index contributed by atoms with van der Waals surface area (Å²) < 4.78 is 0. The zero-order valence-corrected chi connectivity index (χ0v) is 9.48. The number of likely N-dealkylation sites (tertiary alicyclic amines) is 1. The first-order valence-electron chi connectivity index (χ1n) is 6.16. The third-order valence-corrected chi connectivity index (χ3v) is 4.09. The number of carboxylic acids is 1. The molecular weight excluding hydrogens is 190 g/mol. The Kier molecular flexibility index (Phi) is 3.29. The first-order chi connectivity index (χ1) is 7.18. The van der Waals surface area contributed by atoms with Crippen molar-refractivity contribution >= 4 is 5.97 Å². The first-order valence-corrected chi connectivity index (χ1v) is 6.16. The summed E-state index contributed by atoms with van der Waals surface area (Å²) in [6.07, 6.45) is 6.94. The third kappa shape index (κ3) is 2.33. The first kappa shape index (κ1) is 10.9. The molecule has 0 bridgehead atoms. The minimum absolute atomic E-state index is 0.218. The number of nitrogens with zero attached hydrogens (tertiary/aromatic N) is 1. The van der Waals surface area contributed by atoms with Crippen LogP contribution in [0.2, 0.25) is 0 Å². The number of rotatable bonds is 3. The van der Waals surface area contributed by atoms with Crippen molar-refractivity contribution in [1.82, 2.24) is 4.90 Å². The lowest BCUT2D eigenvalue weighted by Crippen LogP contribution is -2.41. The lowest BCUT2D eigenvalue weighted by molar-refractivity contribution is -0.138. The van der Waals surface area contributed by atoms with Crippen molar-refractivity contribution < 1.29 is 9.90 Å². The average molecular weight is 211 g/mol. The average Bonchev–Trinajstić information content (AvgIpc) is 2.59. The summed E-state index contributed by atoms with van der Waals surface area (Å²) in [6, 6.07) is 0.906. The van der Waals surface area contributed by atoms with E-state index < -0.39 is 5.97 Å². The Balaban J connectivity index is 1.94. The van der Waals surface area contributed by atoms with Gasteiger partial charge in [-0.3, -0.25) is 9.69 Å². The SMILES string of the molecule is CC(CC(=O)O)N1CCC2CCCCC21. The predicted octanol–water partition coefficient (Wildman–Crippen LogP) is 2.11. The van der Waals surface area contributed by atoms with Crippen LogP contribution >= 0.6 is 0 Å². The molecule has 2 fully saturated rings. The molecule has 3 atom stereocenters. The largest absolute Gasteiger partial charge is 0.481 e. The van der Waals surface area contributed by atoms with Crippen LogP contribution in [-0.4, -0.2) is 34.6 Å². The maximum atomic E-state index is 10.7. The van der Waals surface area contributed by atoms with Crippen molar-refractivity contribution in [2.75, 3.05) is 6.54 Å². The highest BCUT2D eigenvalue weighted by Crippen LogP contribution is 2.37. The number of carboxylic acid groups (broad SMARTS) is 1. The summed E-state index contributed by atoms with van der Waals surface area (Å²) in [6.45, 7) is 3.18. The van der Waals surface area contributed by atoms with Crippen LogP contribution in [0.5, 0.6) is 0 Å². The van der Waals surface area contributed by atoms with Gasteiger partial charge in [-0.25, -0.2) is 0 Å². The minimum Gasteiger partial charge on any atom is -0.481 e. The van der Waals surface area contributed by atoms with Gasteiger partial charge in [0.25, 0.3) is 0 Å². The number of carbonyl (C=O) groups is 1. The fourth-order valence-corrected chi connectivity index (χ4v) is 3.36. The van der Waals surface area contributed by atoms with Crippen LogP contribution in [0, 0.1) is 5.92 Å². The summed E-state index contributed by atoms with van der Waals surface area (Å²) in [5.74, 6) is 0.191. The van der Waals surface area contributed by atoms with E-state index in [1.165, 1.54) is 32.1 Å². The Morgan fingerprint density at radius 2 is 2.13 bits per heavy atom. The topological polar surface area (TPSA) is 40.5 Å². The molecule has 0 aromatic heterocycles. The zero-order valence-electron chi connectivity index (χ0n) is 9.48. The van der Waals surface area contributed by atoms with Crippen LogP contribution in [-0.2, 0) is 4.79 Å². The standard InChI is InChI=1S/C12H21NO2/c1-9(8-12(14)15)13-7-6-10-4-2-3-5-11(10)13/h9-11H,2-8H2,1H3,(H,14,15). The second-order valence-electron chi connectivity index (χ2n) is 5.09. The molecular formula is C12H21NO2. The van der Waals surface area contributed by atoms with E-state index in [0.29, 0.717) is 12.5 Å². The Morgan fingerprint density at radius 1 is 1.40 bits per heavy atom. The molecule has 3 nitrogen and oxygen atoms in total. The van der Waals surface area contributed by atoms with Gasteiger partial charge in [0.05, 0.1) is 6.42 Å². The van der Waals surface area contributed by atoms with Crippen LogP contribution < -0.4 is 0 Å². The Hall–Kier alpha value is -0.570. The van der Waals surface area contributed by atoms with Crippen LogP contribution in [0.15, 0.2) is 0 Å². The quantitative estimate of drug-likeness (QED) is 0.777. The van der Waals surface area contributed by atoms with Crippen molar-refractivity contribution in [2.24, 2.45) is 5.92 Å². The molecule has 2 rings (SSSR count). The molecule has 1 N–H and O–H groups in total. The molecule has 2 aliphatic rings. The van der Waals surface area contributed by atoms with E-state index in [9.17, 15) is 4.79 Å². The molecule has 1 saturated carbocycles. The number of aliphatic carboxylic acids is 1. The van der Waals surface area contributed by atoms with E-state index in [1.54, 1.807) is 0 Å². The summed E-state index contributed by atoms with van der Waals surface area (Å²) in [7, 11) is 0. The lowest BCUT2D eigenvalue weighted by Gasteiger charge is -2.35. The Morgan fingerprint density at radius 3 is 2.87 bits per heavy atom. The highest BCUT2D eigenvalue weighted by molar-refractivity contribution is 5.67. The van der Waals surface area contributed by atoms with Crippen molar-refractivity contribution in [3.63, 3.8) is 0 Å². The van der Waals surface area contributed by atoms with Gasteiger partial charge in [0.2, 0.25) is 0 Å².